The predicted octanol–water partition coefficient (Wildman–Crippen LogP) is 1.75. The van der Waals surface area contributed by atoms with Gasteiger partial charge in [0.1, 0.15) is 17.9 Å². The van der Waals surface area contributed by atoms with E-state index in [-0.39, 0.29) is 30.9 Å². The number of hydrogen-bond acceptors (Lipinski definition) is 6. The van der Waals surface area contributed by atoms with Crippen LogP contribution in [0.2, 0.25) is 0 Å². The molecule has 0 saturated heterocycles. The molecular weight excluding hydrogens is 374 g/mol. The highest BCUT2D eigenvalue weighted by atomic mass is 16.5. The summed E-state index contributed by atoms with van der Waals surface area (Å²) in [6.45, 7) is 0.145. The zero-order valence-electron chi connectivity index (χ0n) is 15.8. The number of pyridine rings is 1. The number of fused-ring (bicyclic) bond motifs is 1. The number of carbonyl (C=O) groups excluding carboxylic acids is 3. The maximum absolute atomic E-state index is 12.5. The fraction of sp³-hybridized carbons (Fsp3) is 0.400. The van der Waals surface area contributed by atoms with E-state index in [4.69, 9.17) is 4.74 Å². The maximum atomic E-state index is 12.5. The first kappa shape index (κ1) is 19.0. The Morgan fingerprint density at radius 3 is 2.83 bits per heavy atom. The average Bonchev–Trinajstić information content (AvgIpc) is 3.24. The Labute approximate surface area is 167 Å². The smallest absolute Gasteiger partial charge is 0.352 e. The van der Waals surface area contributed by atoms with Crippen LogP contribution in [-0.2, 0) is 4.79 Å². The van der Waals surface area contributed by atoms with Crippen molar-refractivity contribution in [2.24, 2.45) is 15.9 Å². The van der Waals surface area contributed by atoms with E-state index in [0.29, 0.717) is 11.4 Å². The van der Waals surface area contributed by atoms with Crippen LogP contribution in [0.3, 0.4) is 0 Å². The third kappa shape index (κ3) is 4.23. The van der Waals surface area contributed by atoms with Gasteiger partial charge in [-0.1, -0.05) is 6.08 Å². The minimum atomic E-state index is -0.668. The molecule has 0 radical (unpaired) electrons. The van der Waals surface area contributed by atoms with Crippen LogP contribution in [0.15, 0.2) is 40.5 Å². The van der Waals surface area contributed by atoms with Crippen molar-refractivity contribution in [2.45, 2.75) is 31.8 Å². The van der Waals surface area contributed by atoms with Crippen molar-refractivity contribution in [3.05, 3.63) is 36.0 Å². The van der Waals surface area contributed by atoms with E-state index in [0.717, 1.165) is 17.7 Å². The van der Waals surface area contributed by atoms with Gasteiger partial charge in [0.15, 0.2) is 0 Å². The molecule has 4 amide bonds. The molecule has 1 saturated carbocycles. The number of dihydropyridines is 1. The predicted molar refractivity (Wildman–Crippen MR) is 105 cm³/mol. The lowest BCUT2D eigenvalue weighted by molar-refractivity contribution is -0.129. The normalized spacial score (nSPS) is 21.2. The summed E-state index contributed by atoms with van der Waals surface area (Å²) in [7, 11) is 0. The van der Waals surface area contributed by atoms with Gasteiger partial charge < -0.3 is 10.1 Å². The fourth-order valence-electron chi connectivity index (χ4n) is 3.51. The Kier molecular flexibility index (Phi) is 5.46. The standard InChI is InChI=1S/C20H21N5O4/c26-18(13-7-8-16(23-12-13)29-14-4-1-2-5-14)22-10-11-25-19(27)15-6-3-9-21-17(15)24-20(25)28/h3,6-9,12,14-15H,1-2,4-5,10-11H2,(H,22,26). The van der Waals surface area contributed by atoms with E-state index in [1.54, 1.807) is 24.3 Å². The highest BCUT2D eigenvalue weighted by Gasteiger charge is 2.36. The minimum absolute atomic E-state index is 0.0323. The van der Waals surface area contributed by atoms with Gasteiger partial charge in [-0.25, -0.2) is 14.8 Å². The number of carbonyl (C=O) groups is 3. The number of aliphatic imine (C=N–C) groups is 2. The van der Waals surface area contributed by atoms with E-state index in [2.05, 4.69) is 20.3 Å². The Morgan fingerprint density at radius 2 is 2.07 bits per heavy atom. The number of amidine groups is 1. The summed E-state index contributed by atoms with van der Waals surface area (Å²) < 4.78 is 5.79. The van der Waals surface area contributed by atoms with Crippen LogP contribution in [-0.4, -0.2) is 59.0 Å². The lowest BCUT2D eigenvalue weighted by atomic mass is 10.0. The maximum Gasteiger partial charge on any atom is 0.352 e. The van der Waals surface area contributed by atoms with Crippen molar-refractivity contribution in [1.29, 1.82) is 0 Å². The van der Waals surface area contributed by atoms with Crippen molar-refractivity contribution in [2.75, 3.05) is 13.1 Å². The Bertz CT molecular complexity index is 900. The number of nitrogens with zero attached hydrogens (tertiary/aromatic N) is 4. The summed E-state index contributed by atoms with van der Waals surface area (Å²) in [6, 6.07) is 2.65. The van der Waals surface area contributed by atoms with E-state index in [1.807, 2.05) is 0 Å². The number of hydrogen-bond donors (Lipinski definition) is 1. The SMILES string of the molecule is O=C(NCCN1C(=O)N=C2N=CC=CC2C1=O)c1ccc(OC2CCCC2)nc1. The molecule has 3 aliphatic rings. The molecule has 1 aromatic rings. The number of ether oxygens (including phenoxy) is 1. The van der Waals surface area contributed by atoms with Gasteiger partial charge in [0.25, 0.3) is 5.91 Å². The quantitative estimate of drug-likeness (QED) is 0.788. The zero-order valence-corrected chi connectivity index (χ0v) is 15.8. The summed E-state index contributed by atoms with van der Waals surface area (Å²) in [5.74, 6) is -0.667. The molecule has 0 spiro atoms. The van der Waals surface area contributed by atoms with Crippen molar-refractivity contribution in [3.63, 3.8) is 0 Å². The molecule has 1 unspecified atom stereocenters. The van der Waals surface area contributed by atoms with E-state index >= 15 is 0 Å². The minimum Gasteiger partial charge on any atom is -0.474 e. The number of amides is 4. The topological polar surface area (TPSA) is 113 Å². The van der Waals surface area contributed by atoms with Crippen LogP contribution in [0.5, 0.6) is 5.88 Å². The number of nitrogens with one attached hydrogen (secondary N) is 1. The third-order valence-electron chi connectivity index (χ3n) is 5.06. The summed E-state index contributed by atoms with van der Waals surface area (Å²) in [6.07, 6.45) is 10.8. The molecule has 4 rings (SSSR count). The summed E-state index contributed by atoms with van der Waals surface area (Å²) in [5.41, 5.74) is 0.380. The van der Waals surface area contributed by atoms with Crippen molar-refractivity contribution < 1.29 is 19.1 Å². The number of urea groups is 1. The molecular formula is C20H21N5O4. The van der Waals surface area contributed by atoms with Crippen molar-refractivity contribution >= 4 is 29.9 Å². The number of rotatable bonds is 6. The Morgan fingerprint density at radius 1 is 1.24 bits per heavy atom. The van der Waals surface area contributed by atoms with E-state index in [9.17, 15) is 14.4 Å². The molecule has 0 bridgehead atoms. The molecule has 1 atom stereocenters. The van der Waals surface area contributed by atoms with Crippen LogP contribution in [0.1, 0.15) is 36.0 Å². The molecule has 0 aromatic carbocycles. The summed E-state index contributed by atoms with van der Waals surface area (Å²) in [4.78, 5) is 49.8. The van der Waals surface area contributed by atoms with E-state index < -0.39 is 17.9 Å². The largest absolute Gasteiger partial charge is 0.474 e. The molecule has 3 heterocycles. The van der Waals surface area contributed by atoms with Gasteiger partial charge in [-0.05, 0) is 37.8 Å². The second-order valence-corrected chi connectivity index (χ2v) is 7.05. The molecule has 29 heavy (non-hydrogen) atoms. The first-order valence-corrected chi connectivity index (χ1v) is 9.67. The fourth-order valence-corrected chi connectivity index (χ4v) is 3.51. The van der Waals surface area contributed by atoms with Gasteiger partial charge in [0.05, 0.1) is 5.56 Å². The molecule has 1 aliphatic carbocycles. The van der Waals surface area contributed by atoms with Crippen LogP contribution in [0, 0.1) is 5.92 Å². The molecule has 2 aliphatic heterocycles. The second kappa shape index (κ2) is 8.34. The van der Waals surface area contributed by atoms with Crippen molar-refractivity contribution in [3.8, 4) is 5.88 Å². The van der Waals surface area contributed by atoms with E-state index in [1.165, 1.54) is 25.3 Å². The van der Waals surface area contributed by atoms with Gasteiger partial charge in [-0.3, -0.25) is 14.5 Å². The first-order valence-electron chi connectivity index (χ1n) is 9.67. The molecule has 150 valence electrons. The third-order valence-corrected chi connectivity index (χ3v) is 5.06. The Hall–Kier alpha value is -3.36. The van der Waals surface area contributed by atoms with Gasteiger partial charge in [0, 0.05) is 31.6 Å². The second-order valence-electron chi connectivity index (χ2n) is 7.05. The number of aromatic nitrogens is 1. The molecule has 1 fully saturated rings. The van der Waals surface area contributed by atoms with Gasteiger partial charge in [0.2, 0.25) is 11.8 Å². The van der Waals surface area contributed by atoms with Crippen LogP contribution < -0.4 is 10.1 Å². The van der Waals surface area contributed by atoms with Crippen LogP contribution in [0.25, 0.3) is 0 Å². The average molecular weight is 395 g/mol. The molecule has 1 aromatic heterocycles. The number of allylic oxidation sites excluding steroid dienone is 1. The molecule has 1 N–H and O–H groups in total. The summed E-state index contributed by atoms with van der Waals surface area (Å²) in [5, 5.41) is 2.69. The highest BCUT2D eigenvalue weighted by Crippen LogP contribution is 2.23. The van der Waals surface area contributed by atoms with Gasteiger partial charge in [-0.2, -0.15) is 4.99 Å². The van der Waals surface area contributed by atoms with Crippen LogP contribution in [0.4, 0.5) is 4.79 Å². The van der Waals surface area contributed by atoms with Gasteiger partial charge >= 0.3 is 6.03 Å². The lowest BCUT2D eigenvalue weighted by Crippen LogP contribution is -2.48. The van der Waals surface area contributed by atoms with Crippen molar-refractivity contribution in [1.82, 2.24) is 15.2 Å². The Balaban J connectivity index is 1.29. The molecule has 9 heteroatoms. The number of imide groups is 1. The van der Waals surface area contributed by atoms with Crippen LogP contribution >= 0.6 is 0 Å². The first-order chi connectivity index (χ1) is 14.1. The lowest BCUT2D eigenvalue weighted by Gasteiger charge is -2.27. The van der Waals surface area contributed by atoms with Gasteiger partial charge in [-0.15, -0.1) is 0 Å². The summed E-state index contributed by atoms with van der Waals surface area (Å²) >= 11 is 0. The highest BCUT2D eigenvalue weighted by molar-refractivity contribution is 6.19. The molecule has 9 nitrogen and oxygen atoms in total. The zero-order chi connectivity index (χ0) is 20.2. The monoisotopic (exact) mass is 395 g/mol.